The number of hydrogen-bond donors (Lipinski definition) is 1. The van der Waals surface area contributed by atoms with Crippen LogP contribution in [0, 0.1) is 23.2 Å². The number of amides is 1. The molecular weight excluding hydrogens is 430 g/mol. The zero-order valence-electron chi connectivity index (χ0n) is 19.3. The average molecular weight is 458 g/mol. The number of aromatic nitrogens is 4. The summed E-state index contributed by atoms with van der Waals surface area (Å²) in [5.41, 5.74) is 3.39. The number of nitrogens with one attached hydrogen (secondary N) is 1. The van der Waals surface area contributed by atoms with Gasteiger partial charge in [0.25, 0.3) is 5.91 Å². The van der Waals surface area contributed by atoms with Crippen molar-refractivity contribution in [3.8, 4) is 28.3 Å². The number of methoxy groups -OCH3 is 2. The number of allylic oxidation sites excluding steroid dienone is 2. The maximum Gasteiger partial charge on any atom is 0.251 e. The number of rotatable bonds is 7. The highest BCUT2D eigenvalue weighted by Crippen LogP contribution is 2.69. The van der Waals surface area contributed by atoms with Crippen LogP contribution in [0.1, 0.15) is 29.6 Å². The van der Waals surface area contributed by atoms with Crippen molar-refractivity contribution in [3.63, 3.8) is 0 Å². The third-order valence-electron chi connectivity index (χ3n) is 7.88. The quantitative estimate of drug-likeness (QED) is 0.545. The first-order valence-electron chi connectivity index (χ1n) is 11.7. The van der Waals surface area contributed by atoms with Gasteiger partial charge in [0.15, 0.2) is 11.5 Å². The number of hydrogen-bond acceptors (Lipinski definition) is 6. The van der Waals surface area contributed by atoms with Crippen molar-refractivity contribution in [2.45, 2.75) is 19.3 Å². The van der Waals surface area contributed by atoms with Crippen LogP contribution < -0.4 is 14.8 Å². The van der Waals surface area contributed by atoms with E-state index in [1.165, 1.54) is 25.6 Å². The molecule has 0 radical (unpaired) electrons. The summed E-state index contributed by atoms with van der Waals surface area (Å²) in [6.45, 7) is 0.693. The molecule has 1 amide bonds. The lowest BCUT2D eigenvalue weighted by atomic mass is 9.89. The molecule has 8 nitrogen and oxygen atoms in total. The number of para-hydroxylation sites is 1. The van der Waals surface area contributed by atoms with Crippen LogP contribution in [-0.2, 0) is 0 Å². The standard InChI is InChI=1S/C26H27N5O3/c1-33-23-5-3-4-21(24(23)34-2)16-10-17(13-20(12-16)31-15-28-29-30-31)25(32)27-14-18-11-19-6-7-22(18)26(19)8-9-26/h3-7,10,12-13,15,18-19,22H,8-9,11,14H2,1-2H3,(H,27,32). The lowest BCUT2D eigenvalue weighted by molar-refractivity contribution is 0.0944. The topological polar surface area (TPSA) is 91.2 Å². The summed E-state index contributed by atoms with van der Waals surface area (Å²) >= 11 is 0. The molecule has 0 aliphatic heterocycles. The fourth-order valence-electron chi connectivity index (χ4n) is 6.11. The van der Waals surface area contributed by atoms with Crippen LogP contribution in [0.15, 0.2) is 54.9 Å². The zero-order chi connectivity index (χ0) is 23.3. The van der Waals surface area contributed by atoms with E-state index in [0.29, 0.717) is 52.5 Å². The van der Waals surface area contributed by atoms with Crippen LogP contribution in [0.2, 0.25) is 0 Å². The largest absolute Gasteiger partial charge is 0.493 e. The third kappa shape index (κ3) is 3.28. The Kier molecular flexibility index (Phi) is 4.90. The zero-order valence-corrected chi connectivity index (χ0v) is 19.3. The molecular formula is C26H27N5O3. The highest BCUT2D eigenvalue weighted by atomic mass is 16.5. The van der Waals surface area contributed by atoms with Crippen molar-refractivity contribution >= 4 is 5.91 Å². The SMILES string of the molecule is COc1cccc(-c2cc(C(=O)NCC3CC4C=CC3C43CC3)cc(-n3cnnn3)c2)c1OC. The minimum atomic E-state index is -0.102. The van der Waals surface area contributed by atoms with E-state index in [-0.39, 0.29) is 5.91 Å². The van der Waals surface area contributed by atoms with Crippen molar-refractivity contribution in [1.82, 2.24) is 25.5 Å². The molecule has 1 aromatic heterocycles. The molecule has 3 unspecified atom stereocenters. The maximum atomic E-state index is 13.3. The monoisotopic (exact) mass is 457 g/mol. The maximum absolute atomic E-state index is 13.3. The van der Waals surface area contributed by atoms with Crippen LogP contribution in [0.5, 0.6) is 11.5 Å². The van der Waals surface area contributed by atoms with E-state index in [9.17, 15) is 4.79 Å². The van der Waals surface area contributed by atoms with Crippen molar-refractivity contribution < 1.29 is 14.3 Å². The number of tetrazole rings is 1. The summed E-state index contributed by atoms with van der Waals surface area (Å²) in [6, 6.07) is 11.3. The van der Waals surface area contributed by atoms with Gasteiger partial charge in [-0.2, -0.15) is 0 Å². The van der Waals surface area contributed by atoms with Gasteiger partial charge in [0, 0.05) is 17.7 Å². The third-order valence-corrected chi connectivity index (χ3v) is 7.88. The molecule has 3 atom stereocenters. The lowest BCUT2D eigenvalue weighted by Gasteiger charge is -2.20. The van der Waals surface area contributed by atoms with Crippen molar-refractivity contribution in [1.29, 1.82) is 0 Å². The van der Waals surface area contributed by atoms with E-state index in [1.54, 1.807) is 18.9 Å². The molecule has 1 spiro atoms. The van der Waals surface area contributed by atoms with Crippen LogP contribution in [0.25, 0.3) is 16.8 Å². The Bertz CT molecular complexity index is 1270. The van der Waals surface area contributed by atoms with Gasteiger partial charge in [-0.1, -0.05) is 24.3 Å². The molecule has 0 saturated heterocycles. The molecule has 3 aromatic rings. The second-order valence-electron chi connectivity index (χ2n) is 9.52. The van der Waals surface area contributed by atoms with E-state index in [2.05, 4.69) is 33.0 Å². The Labute approximate surface area is 198 Å². The Hall–Kier alpha value is -3.68. The predicted octanol–water partition coefficient (Wildman–Crippen LogP) is 3.68. The van der Waals surface area contributed by atoms with Gasteiger partial charge < -0.3 is 14.8 Å². The van der Waals surface area contributed by atoms with E-state index in [1.807, 2.05) is 36.4 Å². The van der Waals surface area contributed by atoms with Crippen LogP contribution >= 0.6 is 0 Å². The Morgan fingerprint density at radius 3 is 2.76 bits per heavy atom. The molecule has 174 valence electrons. The number of carbonyl (C=O) groups is 1. The average Bonchev–Trinajstić information content (AvgIpc) is 3.21. The molecule has 34 heavy (non-hydrogen) atoms. The molecule has 2 fully saturated rings. The highest BCUT2D eigenvalue weighted by molar-refractivity contribution is 5.96. The summed E-state index contributed by atoms with van der Waals surface area (Å²) in [5, 5.41) is 14.7. The summed E-state index contributed by atoms with van der Waals surface area (Å²) in [4.78, 5) is 13.3. The molecule has 1 N–H and O–H groups in total. The van der Waals surface area contributed by atoms with Crippen LogP contribution in [0.4, 0.5) is 0 Å². The number of nitrogens with zero attached hydrogens (tertiary/aromatic N) is 4. The molecule has 1 heterocycles. The second kappa shape index (κ2) is 7.97. The van der Waals surface area contributed by atoms with Crippen LogP contribution in [-0.4, -0.2) is 46.9 Å². The van der Waals surface area contributed by atoms with Crippen molar-refractivity contribution in [2.24, 2.45) is 23.2 Å². The molecule has 3 aliphatic rings. The fourth-order valence-corrected chi connectivity index (χ4v) is 6.11. The van der Waals surface area contributed by atoms with Gasteiger partial charge in [0.2, 0.25) is 0 Å². The van der Waals surface area contributed by atoms with Gasteiger partial charge in [-0.05, 0) is 82.7 Å². The second-order valence-corrected chi connectivity index (χ2v) is 9.52. The number of benzene rings is 2. The predicted molar refractivity (Wildman–Crippen MR) is 126 cm³/mol. The number of carbonyl (C=O) groups excluding carboxylic acids is 1. The van der Waals surface area contributed by atoms with Crippen molar-refractivity contribution in [2.75, 3.05) is 20.8 Å². The summed E-state index contributed by atoms with van der Waals surface area (Å²) < 4.78 is 12.7. The highest BCUT2D eigenvalue weighted by Gasteiger charge is 2.62. The minimum Gasteiger partial charge on any atom is -0.493 e. The number of ether oxygens (including phenoxy) is 2. The van der Waals surface area contributed by atoms with E-state index < -0.39 is 0 Å². The molecule has 2 aromatic carbocycles. The van der Waals surface area contributed by atoms with Gasteiger partial charge in [-0.25, -0.2) is 4.68 Å². The summed E-state index contributed by atoms with van der Waals surface area (Å²) in [7, 11) is 3.21. The summed E-state index contributed by atoms with van der Waals surface area (Å²) in [5.74, 6) is 2.96. The minimum absolute atomic E-state index is 0.102. The Morgan fingerprint density at radius 2 is 2.06 bits per heavy atom. The lowest BCUT2D eigenvalue weighted by Crippen LogP contribution is -2.31. The Morgan fingerprint density at radius 1 is 1.18 bits per heavy atom. The molecule has 2 bridgehead atoms. The van der Waals surface area contributed by atoms with Gasteiger partial charge in [-0.3, -0.25) is 4.79 Å². The first-order valence-corrected chi connectivity index (χ1v) is 11.7. The van der Waals surface area contributed by atoms with E-state index >= 15 is 0 Å². The van der Waals surface area contributed by atoms with Crippen LogP contribution in [0.3, 0.4) is 0 Å². The van der Waals surface area contributed by atoms with Gasteiger partial charge >= 0.3 is 0 Å². The van der Waals surface area contributed by atoms with Gasteiger partial charge in [0.05, 0.1) is 19.9 Å². The van der Waals surface area contributed by atoms with Gasteiger partial charge in [0.1, 0.15) is 6.33 Å². The van der Waals surface area contributed by atoms with E-state index in [0.717, 1.165) is 11.1 Å². The van der Waals surface area contributed by atoms with Crippen molar-refractivity contribution in [3.05, 3.63) is 60.4 Å². The first kappa shape index (κ1) is 20.9. The van der Waals surface area contributed by atoms with E-state index in [4.69, 9.17) is 9.47 Å². The first-order chi connectivity index (χ1) is 16.6. The normalized spacial score (nSPS) is 23.3. The molecule has 3 aliphatic carbocycles. The molecule has 8 heteroatoms. The Balaban J connectivity index is 1.31. The molecule has 6 rings (SSSR count). The smallest absolute Gasteiger partial charge is 0.251 e. The molecule has 2 saturated carbocycles. The fraction of sp³-hybridized carbons (Fsp3) is 0.385. The summed E-state index contributed by atoms with van der Waals surface area (Å²) in [6.07, 6.45) is 10.2. The van der Waals surface area contributed by atoms with Gasteiger partial charge in [-0.15, -0.1) is 5.10 Å².